The zero-order chi connectivity index (χ0) is 14.9. The molecule has 5 heteroatoms. The first-order valence-corrected chi connectivity index (χ1v) is 7.05. The van der Waals surface area contributed by atoms with Crippen LogP contribution in [-0.4, -0.2) is 39.3 Å². The second-order valence-corrected chi connectivity index (χ2v) is 6.78. The minimum Gasteiger partial charge on any atom is -0.459 e. The molecule has 20 heavy (non-hydrogen) atoms. The van der Waals surface area contributed by atoms with Crippen molar-refractivity contribution < 1.29 is 24.5 Å². The van der Waals surface area contributed by atoms with Crippen molar-refractivity contribution in [1.29, 1.82) is 0 Å². The van der Waals surface area contributed by atoms with Gasteiger partial charge in [0.1, 0.15) is 11.7 Å². The van der Waals surface area contributed by atoms with E-state index in [4.69, 9.17) is 4.74 Å². The molecule has 0 radical (unpaired) electrons. The number of allylic oxidation sites excluding steroid dienone is 1. The van der Waals surface area contributed by atoms with Crippen molar-refractivity contribution >= 4 is 11.8 Å². The summed E-state index contributed by atoms with van der Waals surface area (Å²) in [5.41, 5.74) is -4.14. The van der Waals surface area contributed by atoms with Crippen LogP contribution in [-0.2, 0) is 14.3 Å². The van der Waals surface area contributed by atoms with Gasteiger partial charge in [-0.05, 0) is 44.8 Å². The van der Waals surface area contributed by atoms with Crippen molar-refractivity contribution in [3.05, 3.63) is 12.2 Å². The lowest BCUT2D eigenvalue weighted by Gasteiger charge is -2.43. The Morgan fingerprint density at radius 3 is 2.55 bits per heavy atom. The summed E-state index contributed by atoms with van der Waals surface area (Å²) in [5, 5.41) is 21.4. The maximum atomic E-state index is 12.4. The maximum absolute atomic E-state index is 12.4. The van der Waals surface area contributed by atoms with Gasteiger partial charge in [0.25, 0.3) is 0 Å². The monoisotopic (exact) mass is 280 g/mol. The van der Waals surface area contributed by atoms with Gasteiger partial charge in [-0.1, -0.05) is 6.92 Å². The zero-order valence-corrected chi connectivity index (χ0v) is 11.9. The molecule has 0 spiro atoms. The highest BCUT2D eigenvalue weighted by Gasteiger charge is 2.70. The fraction of sp³-hybridized carbons (Fsp3) is 0.733. The zero-order valence-electron chi connectivity index (χ0n) is 11.9. The van der Waals surface area contributed by atoms with E-state index < -0.39 is 34.6 Å². The number of carbonyl (C=O) groups excluding carboxylic acids is 2. The van der Waals surface area contributed by atoms with Gasteiger partial charge in [-0.15, -0.1) is 0 Å². The number of aliphatic hydroxyl groups is 2. The smallest absolute Gasteiger partial charge is 0.338 e. The van der Waals surface area contributed by atoms with Gasteiger partial charge in [0, 0.05) is 5.92 Å². The molecule has 1 saturated heterocycles. The predicted molar refractivity (Wildman–Crippen MR) is 69.6 cm³/mol. The van der Waals surface area contributed by atoms with Crippen LogP contribution in [0.2, 0.25) is 0 Å². The molecule has 3 rings (SSSR count). The van der Waals surface area contributed by atoms with Crippen LogP contribution >= 0.6 is 0 Å². The summed E-state index contributed by atoms with van der Waals surface area (Å²) in [6.07, 6.45) is 3.28. The Labute approximate surface area is 117 Å². The van der Waals surface area contributed by atoms with Crippen molar-refractivity contribution in [2.24, 2.45) is 17.3 Å². The van der Waals surface area contributed by atoms with Crippen LogP contribution < -0.4 is 0 Å². The molecule has 0 unspecified atom stereocenters. The second kappa shape index (κ2) is 3.71. The molecule has 0 aromatic rings. The lowest BCUT2D eigenvalue weighted by Crippen LogP contribution is -2.57. The van der Waals surface area contributed by atoms with Gasteiger partial charge >= 0.3 is 5.97 Å². The van der Waals surface area contributed by atoms with Crippen LogP contribution in [0.1, 0.15) is 33.6 Å². The number of rotatable bonds is 0. The number of carbonyl (C=O) groups is 2. The molecular formula is C15H20O5. The van der Waals surface area contributed by atoms with E-state index in [1.807, 2.05) is 6.92 Å². The van der Waals surface area contributed by atoms with Crippen molar-refractivity contribution in [3.8, 4) is 0 Å². The van der Waals surface area contributed by atoms with E-state index in [1.54, 1.807) is 6.92 Å². The minimum absolute atomic E-state index is 0.143. The summed E-state index contributed by atoms with van der Waals surface area (Å²) >= 11 is 0. The summed E-state index contributed by atoms with van der Waals surface area (Å²) in [7, 11) is 0. The second-order valence-electron chi connectivity index (χ2n) is 6.78. The maximum Gasteiger partial charge on any atom is 0.338 e. The van der Waals surface area contributed by atoms with Gasteiger partial charge in [0.15, 0.2) is 11.4 Å². The summed E-state index contributed by atoms with van der Waals surface area (Å²) < 4.78 is 5.35. The average Bonchev–Trinajstić information content (AvgIpc) is 2.72. The van der Waals surface area contributed by atoms with Crippen molar-refractivity contribution in [3.63, 3.8) is 0 Å². The third-order valence-corrected chi connectivity index (χ3v) is 5.80. The SMILES string of the molecule is C[C@H]1CC[C@@H]2[C@@H](OC(=O)[C@@]2(C)O)[C@]2(C)C(=O)C=C[C@@]12O. The lowest BCUT2D eigenvalue weighted by molar-refractivity contribution is -0.168. The van der Waals surface area contributed by atoms with Gasteiger partial charge < -0.3 is 14.9 Å². The Morgan fingerprint density at radius 1 is 1.25 bits per heavy atom. The number of hydrogen-bond donors (Lipinski definition) is 2. The lowest BCUT2D eigenvalue weighted by atomic mass is 9.64. The molecule has 5 nitrogen and oxygen atoms in total. The summed E-state index contributed by atoms with van der Waals surface area (Å²) in [6, 6.07) is 0. The summed E-state index contributed by atoms with van der Waals surface area (Å²) in [4.78, 5) is 24.3. The van der Waals surface area contributed by atoms with Crippen molar-refractivity contribution in [2.45, 2.75) is 50.9 Å². The summed E-state index contributed by atoms with van der Waals surface area (Å²) in [5.74, 6) is -1.56. The van der Waals surface area contributed by atoms with E-state index in [-0.39, 0.29) is 11.7 Å². The van der Waals surface area contributed by atoms with E-state index in [2.05, 4.69) is 0 Å². The third-order valence-electron chi connectivity index (χ3n) is 5.80. The Hall–Kier alpha value is -1.20. The molecule has 1 aliphatic heterocycles. The standard InChI is InChI=1S/C15H20O5/c1-8-4-5-9-11(20-12(17)14(9,3)18)13(2)10(16)6-7-15(8,13)19/h6-9,11,18-19H,4-5H2,1-3H3/t8-,9+,11+,13-,14-,15+/m0/s1. The van der Waals surface area contributed by atoms with Crippen LogP contribution in [0, 0.1) is 17.3 Å². The van der Waals surface area contributed by atoms with Gasteiger partial charge in [-0.25, -0.2) is 4.79 Å². The van der Waals surface area contributed by atoms with E-state index >= 15 is 0 Å². The molecule has 2 aliphatic carbocycles. The number of ether oxygens (including phenoxy) is 1. The number of hydrogen-bond acceptors (Lipinski definition) is 5. The molecule has 0 bridgehead atoms. The highest BCUT2D eigenvalue weighted by Crippen LogP contribution is 2.57. The molecule has 1 heterocycles. The van der Waals surface area contributed by atoms with E-state index in [9.17, 15) is 19.8 Å². The minimum atomic E-state index is -1.60. The topological polar surface area (TPSA) is 83.8 Å². The van der Waals surface area contributed by atoms with Gasteiger partial charge in [0.05, 0.1) is 5.41 Å². The Balaban J connectivity index is 2.16. The van der Waals surface area contributed by atoms with E-state index in [0.29, 0.717) is 12.8 Å². The van der Waals surface area contributed by atoms with Crippen LogP contribution in [0.3, 0.4) is 0 Å². The van der Waals surface area contributed by atoms with Gasteiger partial charge in [0.2, 0.25) is 0 Å². The average molecular weight is 280 g/mol. The largest absolute Gasteiger partial charge is 0.459 e. The Morgan fingerprint density at radius 2 is 1.90 bits per heavy atom. The van der Waals surface area contributed by atoms with Crippen LogP contribution in [0.4, 0.5) is 0 Å². The van der Waals surface area contributed by atoms with Crippen molar-refractivity contribution in [1.82, 2.24) is 0 Å². The number of ketones is 1. The Kier molecular flexibility index (Phi) is 2.55. The molecule has 2 fully saturated rings. The highest BCUT2D eigenvalue weighted by atomic mass is 16.6. The van der Waals surface area contributed by atoms with Crippen molar-refractivity contribution in [2.75, 3.05) is 0 Å². The molecule has 6 atom stereocenters. The molecular weight excluding hydrogens is 260 g/mol. The molecule has 0 amide bonds. The molecule has 110 valence electrons. The fourth-order valence-corrected chi connectivity index (χ4v) is 4.16. The van der Waals surface area contributed by atoms with Gasteiger partial charge in [-0.2, -0.15) is 0 Å². The van der Waals surface area contributed by atoms with Crippen LogP contribution in [0.15, 0.2) is 12.2 Å². The van der Waals surface area contributed by atoms with E-state index in [1.165, 1.54) is 19.1 Å². The quantitative estimate of drug-likeness (QED) is 0.634. The molecule has 3 aliphatic rings. The first-order valence-electron chi connectivity index (χ1n) is 7.05. The van der Waals surface area contributed by atoms with Crippen LogP contribution in [0.25, 0.3) is 0 Å². The Bertz CT molecular complexity index is 522. The first kappa shape index (κ1) is 13.8. The highest BCUT2D eigenvalue weighted by molar-refractivity contribution is 6.00. The molecule has 0 aromatic carbocycles. The van der Waals surface area contributed by atoms with E-state index in [0.717, 1.165) is 0 Å². The molecule has 0 aromatic heterocycles. The fourth-order valence-electron chi connectivity index (χ4n) is 4.16. The summed E-state index contributed by atoms with van der Waals surface area (Å²) in [6.45, 7) is 4.97. The molecule has 2 N–H and O–H groups in total. The van der Waals surface area contributed by atoms with Gasteiger partial charge in [-0.3, -0.25) is 4.79 Å². The number of fused-ring (bicyclic) bond motifs is 3. The first-order chi connectivity index (χ1) is 9.15. The number of esters is 1. The predicted octanol–water partition coefficient (Wildman–Crippen LogP) is 0.585. The normalized spacial score (nSPS) is 54.4. The van der Waals surface area contributed by atoms with Crippen LogP contribution in [0.5, 0.6) is 0 Å². The third kappa shape index (κ3) is 1.30. The molecule has 1 saturated carbocycles.